The number of thioether (sulfide) groups is 1. The molecule has 4 aromatic rings. The van der Waals surface area contributed by atoms with Crippen molar-refractivity contribution in [2.45, 2.75) is 23.1 Å². The number of H-pyrrole nitrogens is 1. The Labute approximate surface area is 255 Å². The number of aromatic amines is 1. The Morgan fingerprint density at radius 3 is 2.44 bits per heavy atom. The van der Waals surface area contributed by atoms with E-state index in [9.17, 15) is 19.2 Å². The van der Waals surface area contributed by atoms with E-state index in [1.807, 2.05) is 13.0 Å². The monoisotopic (exact) mass is 617 g/mol. The molecule has 6 rings (SSSR count). The van der Waals surface area contributed by atoms with Crippen LogP contribution in [0.25, 0.3) is 0 Å². The first-order valence-corrected chi connectivity index (χ1v) is 15.2. The summed E-state index contributed by atoms with van der Waals surface area (Å²) in [6, 6.07) is 21.0. The molecule has 3 atom stereocenters. The molecule has 3 amide bonds. The predicted octanol–water partition coefficient (Wildman–Crippen LogP) is 4.66. The number of methoxy groups -OCH3 is 1. The SMILES string of the molecule is CCOc1cc([C@H]2c3sc(=O)[nH]c3SC3C(=O)N(c4ccccc4)C(=O)C32)ccc1OCC(=O)Nc1ccc(OC)cc1. The topological polar surface area (TPSA) is 127 Å². The predicted molar refractivity (Wildman–Crippen MR) is 164 cm³/mol. The van der Waals surface area contributed by atoms with Crippen LogP contribution in [0.5, 0.6) is 17.2 Å². The van der Waals surface area contributed by atoms with Crippen LogP contribution in [0.1, 0.15) is 23.3 Å². The van der Waals surface area contributed by atoms with Crippen LogP contribution >= 0.6 is 23.1 Å². The minimum atomic E-state index is -0.729. The number of aromatic nitrogens is 1. The van der Waals surface area contributed by atoms with Gasteiger partial charge in [0.1, 0.15) is 11.0 Å². The fourth-order valence-electron chi connectivity index (χ4n) is 5.33. The number of amides is 3. The average Bonchev–Trinajstić information content (AvgIpc) is 3.51. The first-order chi connectivity index (χ1) is 20.9. The number of fused-ring (bicyclic) bond motifs is 2. The van der Waals surface area contributed by atoms with Crippen molar-refractivity contribution in [3.8, 4) is 17.2 Å². The van der Waals surface area contributed by atoms with Crippen LogP contribution in [0, 0.1) is 5.92 Å². The van der Waals surface area contributed by atoms with Crippen LogP contribution in [0.2, 0.25) is 0 Å². The largest absolute Gasteiger partial charge is 0.497 e. The van der Waals surface area contributed by atoms with Crippen LogP contribution in [-0.4, -0.2) is 48.3 Å². The lowest BCUT2D eigenvalue weighted by Gasteiger charge is -2.30. The maximum Gasteiger partial charge on any atom is 0.305 e. The van der Waals surface area contributed by atoms with E-state index in [1.165, 1.54) is 16.7 Å². The molecule has 1 saturated heterocycles. The summed E-state index contributed by atoms with van der Waals surface area (Å²) < 4.78 is 16.9. The number of para-hydroxylation sites is 1. The van der Waals surface area contributed by atoms with E-state index in [1.54, 1.807) is 73.8 Å². The molecular formula is C31H27N3O7S2. The minimum Gasteiger partial charge on any atom is -0.497 e. The Kier molecular flexibility index (Phi) is 7.96. The third-order valence-electron chi connectivity index (χ3n) is 7.20. The molecule has 10 nitrogen and oxygen atoms in total. The molecule has 0 radical (unpaired) electrons. The van der Waals surface area contributed by atoms with E-state index in [-0.39, 0.29) is 29.2 Å². The van der Waals surface area contributed by atoms with Gasteiger partial charge in [0.05, 0.1) is 30.3 Å². The van der Waals surface area contributed by atoms with Crippen molar-refractivity contribution in [3.05, 3.63) is 92.9 Å². The second-order valence-electron chi connectivity index (χ2n) is 9.80. The first kappa shape index (κ1) is 28.6. The van der Waals surface area contributed by atoms with Gasteiger partial charge in [0, 0.05) is 16.5 Å². The molecule has 1 aromatic heterocycles. The van der Waals surface area contributed by atoms with Crippen molar-refractivity contribution < 1.29 is 28.6 Å². The number of nitrogens with one attached hydrogen (secondary N) is 2. The quantitative estimate of drug-likeness (QED) is 0.260. The van der Waals surface area contributed by atoms with Gasteiger partial charge in [-0.05, 0) is 61.0 Å². The molecule has 0 saturated carbocycles. The van der Waals surface area contributed by atoms with E-state index in [0.717, 1.165) is 11.3 Å². The van der Waals surface area contributed by atoms with Crippen LogP contribution < -0.4 is 29.3 Å². The molecule has 2 aliphatic rings. The summed E-state index contributed by atoms with van der Waals surface area (Å²) in [5.74, 6) is -0.890. The summed E-state index contributed by atoms with van der Waals surface area (Å²) in [4.78, 5) is 57.0. The zero-order valence-electron chi connectivity index (χ0n) is 23.2. The smallest absolute Gasteiger partial charge is 0.305 e. The van der Waals surface area contributed by atoms with Crippen LogP contribution in [-0.2, 0) is 14.4 Å². The van der Waals surface area contributed by atoms with Crippen molar-refractivity contribution in [2.75, 3.05) is 30.5 Å². The highest BCUT2D eigenvalue weighted by Crippen LogP contribution is 2.53. The van der Waals surface area contributed by atoms with Gasteiger partial charge in [-0.2, -0.15) is 0 Å². The number of carbonyl (C=O) groups excluding carboxylic acids is 3. The number of imide groups is 1. The standard InChI is InChI=1S/C31H27N3O7S2/c1-3-40-22-15-17(9-14-21(22)41-16-23(35)32-18-10-12-20(39-2)13-11-18)24-25-27(42-28-26(24)43-31(38)33-28)30(37)34(29(25)36)19-7-5-4-6-8-19/h4-15,24-25,27H,3,16H2,1-2H3,(H,32,35)(H,33,38)/t24-,25?,27?/m1/s1. The van der Waals surface area contributed by atoms with Gasteiger partial charge in [0.2, 0.25) is 11.8 Å². The van der Waals surface area contributed by atoms with E-state index in [2.05, 4.69) is 10.3 Å². The number of anilines is 2. The summed E-state index contributed by atoms with van der Waals surface area (Å²) in [6.07, 6.45) is 0. The van der Waals surface area contributed by atoms with Crippen LogP contribution in [0.15, 0.2) is 82.6 Å². The average molecular weight is 618 g/mol. The van der Waals surface area contributed by atoms with Gasteiger partial charge in [-0.15, -0.1) is 0 Å². The molecule has 220 valence electrons. The lowest BCUT2D eigenvalue weighted by molar-refractivity contribution is -0.122. The van der Waals surface area contributed by atoms with Crippen molar-refractivity contribution >= 4 is 52.2 Å². The summed E-state index contributed by atoms with van der Waals surface area (Å²) >= 11 is 2.26. The molecule has 2 N–H and O–H groups in total. The molecule has 12 heteroatoms. The third-order valence-corrected chi connectivity index (χ3v) is 9.60. The molecule has 1 fully saturated rings. The Bertz CT molecular complexity index is 1740. The van der Waals surface area contributed by atoms with E-state index >= 15 is 0 Å². The highest BCUT2D eigenvalue weighted by Gasteiger charge is 2.56. The van der Waals surface area contributed by atoms with Gasteiger partial charge in [-0.3, -0.25) is 19.2 Å². The Morgan fingerprint density at radius 2 is 1.72 bits per heavy atom. The second kappa shape index (κ2) is 12.0. The summed E-state index contributed by atoms with van der Waals surface area (Å²) in [5, 5.41) is 2.66. The number of ether oxygens (including phenoxy) is 3. The molecule has 43 heavy (non-hydrogen) atoms. The minimum absolute atomic E-state index is 0.254. The molecule has 2 aliphatic heterocycles. The lowest BCUT2D eigenvalue weighted by atomic mass is 9.83. The van der Waals surface area contributed by atoms with Gasteiger partial charge in [-0.25, -0.2) is 4.90 Å². The Balaban J connectivity index is 1.29. The summed E-state index contributed by atoms with van der Waals surface area (Å²) in [6.45, 7) is 1.89. The molecule has 3 heterocycles. The van der Waals surface area contributed by atoms with Crippen LogP contribution in [0.3, 0.4) is 0 Å². The molecule has 2 unspecified atom stereocenters. The maximum absolute atomic E-state index is 13.9. The molecule has 0 spiro atoms. The third kappa shape index (κ3) is 5.51. The van der Waals surface area contributed by atoms with Gasteiger partial charge >= 0.3 is 4.87 Å². The molecule has 3 aromatic carbocycles. The van der Waals surface area contributed by atoms with E-state index < -0.39 is 17.1 Å². The highest BCUT2D eigenvalue weighted by molar-refractivity contribution is 8.00. The fourth-order valence-corrected chi connectivity index (χ4v) is 7.84. The summed E-state index contributed by atoms with van der Waals surface area (Å²) in [5.41, 5.74) is 1.80. The number of hydrogen-bond donors (Lipinski definition) is 2. The normalized spacial score (nSPS) is 19.0. The number of nitrogens with zero attached hydrogens (tertiary/aromatic N) is 1. The Hall–Kier alpha value is -4.55. The van der Waals surface area contributed by atoms with E-state index in [0.29, 0.717) is 50.7 Å². The van der Waals surface area contributed by atoms with Gasteiger partial charge in [-0.1, -0.05) is 47.4 Å². The maximum atomic E-state index is 13.9. The molecule has 0 aliphatic carbocycles. The second-order valence-corrected chi connectivity index (χ2v) is 12.0. The zero-order chi connectivity index (χ0) is 30.1. The number of thiazole rings is 1. The van der Waals surface area contributed by atoms with E-state index in [4.69, 9.17) is 14.2 Å². The lowest BCUT2D eigenvalue weighted by Crippen LogP contribution is -2.32. The first-order valence-electron chi connectivity index (χ1n) is 13.5. The summed E-state index contributed by atoms with van der Waals surface area (Å²) in [7, 11) is 1.57. The number of carbonyl (C=O) groups is 3. The zero-order valence-corrected chi connectivity index (χ0v) is 24.8. The van der Waals surface area contributed by atoms with Gasteiger partial charge in [0.25, 0.3) is 5.91 Å². The molecule has 0 bridgehead atoms. The fraction of sp³-hybridized carbons (Fsp3) is 0.226. The highest BCUT2D eigenvalue weighted by atomic mass is 32.2. The van der Waals surface area contributed by atoms with Gasteiger partial charge in [0.15, 0.2) is 18.1 Å². The van der Waals surface area contributed by atoms with Crippen LogP contribution in [0.4, 0.5) is 11.4 Å². The number of benzene rings is 3. The van der Waals surface area contributed by atoms with Crippen molar-refractivity contribution in [1.82, 2.24) is 4.98 Å². The molecular weight excluding hydrogens is 590 g/mol. The number of hydrogen-bond acceptors (Lipinski definition) is 9. The van der Waals surface area contributed by atoms with Gasteiger partial charge < -0.3 is 24.5 Å². The van der Waals surface area contributed by atoms with Crippen molar-refractivity contribution in [2.24, 2.45) is 5.92 Å². The number of rotatable bonds is 9. The van der Waals surface area contributed by atoms with Crippen molar-refractivity contribution in [1.29, 1.82) is 0 Å². The Morgan fingerprint density at radius 1 is 0.953 bits per heavy atom. The van der Waals surface area contributed by atoms with Crippen molar-refractivity contribution in [3.63, 3.8) is 0 Å².